The van der Waals surface area contributed by atoms with Crippen LogP contribution in [0, 0.1) is 0 Å². The van der Waals surface area contributed by atoms with Gasteiger partial charge < -0.3 is 64.7 Å². The molecule has 0 radical (unpaired) electrons. The highest BCUT2D eigenvalue weighted by molar-refractivity contribution is 7.47. The number of phosphoric acid groups is 1. The topological polar surface area (TPSA) is 289 Å². The molecule has 1 aliphatic carbocycles. The Bertz CT molecular complexity index is 1320. The van der Waals surface area contributed by atoms with Crippen LogP contribution in [0.5, 0.6) is 0 Å². The molecule has 0 spiro atoms. The van der Waals surface area contributed by atoms with E-state index in [4.69, 9.17) is 28.0 Å². The van der Waals surface area contributed by atoms with Crippen molar-refractivity contribution in [2.45, 2.75) is 248 Å². The maximum absolute atomic E-state index is 13.4. The molecule has 1 heterocycles. The first-order valence-corrected chi connectivity index (χ1v) is 26.0. The van der Waals surface area contributed by atoms with Gasteiger partial charge in [0.05, 0.1) is 13.2 Å². The third-order valence-electron chi connectivity index (χ3n) is 12.0. The first kappa shape index (κ1) is 59.5. The first-order chi connectivity index (χ1) is 31.2. The van der Waals surface area contributed by atoms with Crippen LogP contribution < -0.4 is 0 Å². The molecular formula is C46H85O18P. The summed E-state index contributed by atoms with van der Waals surface area (Å²) in [6.07, 6.45) is 5.96. The maximum Gasteiger partial charge on any atom is 0.472 e. The van der Waals surface area contributed by atoms with Gasteiger partial charge >= 0.3 is 19.8 Å². The lowest BCUT2D eigenvalue weighted by Crippen LogP contribution is -2.67. The average molecular weight is 957 g/mol. The van der Waals surface area contributed by atoms with Crippen molar-refractivity contribution in [3.8, 4) is 0 Å². The standard InChI is InChI=1S/C46H85O18P/c1-3-5-7-9-11-13-15-17-19-20-22-24-26-28-35(48)59-31-33(61-36(49)29-27-25-23-21-18-16-14-12-10-8-6-4-2)32-60-65(57,58)64-45-42(55)40(53)39(52)41(54)44(45)63-46-43(56)38(51)37(50)34(30-47)62-46/h17,19,33-34,37-47,50-56H,3-16,18,20-32H2,1-2H3,(H,57,58). The largest absolute Gasteiger partial charge is 0.472 e. The number of carbonyl (C=O) groups excluding carboxylic acids is 2. The second-order valence-corrected chi connectivity index (χ2v) is 19.1. The van der Waals surface area contributed by atoms with Gasteiger partial charge in [-0.2, -0.15) is 0 Å². The van der Waals surface area contributed by atoms with Crippen molar-refractivity contribution in [3.05, 3.63) is 12.2 Å². The van der Waals surface area contributed by atoms with Crippen LogP contribution in [0.15, 0.2) is 12.2 Å². The van der Waals surface area contributed by atoms with Crippen molar-refractivity contribution in [2.75, 3.05) is 19.8 Å². The molecule has 0 amide bonds. The summed E-state index contributed by atoms with van der Waals surface area (Å²) in [5, 5.41) is 82.8. The summed E-state index contributed by atoms with van der Waals surface area (Å²) in [7, 11) is -5.37. The molecule has 0 aromatic rings. The molecule has 2 aliphatic rings. The van der Waals surface area contributed by atoms with Crippen molar-refractivity contribution in [2.24, 2.45) is 0 Å². The molecule has 1 saturated heterocycles. The fourth-order valence-corrected chi connectivity index (χ4v) is 8.84. The maximum atomic E-state index is 13.4. The van der Waals surface area contributed by atoms with Crippen LogP contribution in [-0.2, 0) is 42.1 Å². The highest BCUT2D eigenvalue weighted by Gasteiger charge is 2.55. The lowest BCUT2D eigenvalue weighted by Gasteiger charge is -2.47. The van der Waals surface area contributed by atoms with Gasteiger partial charge in [0.2, 0.25) is 0 Å². The van der Waals surface area contributed by atoms with Crippen molar-refractivity contribution in [1.29, 1.82) is 0 Å². The number of rotatable bonds is 37. The summed E-state index contributed by atoms with van der Waals surface area (Å²) >= 11 is 0. The Morgan fingerprint density at radius 2 is 1.02 bits per heavy atom. The molecule has 0 aromatic carbocycles. The van der Waals surface area contributed by atoms with E-state index in [2.05, 4.69) is 26.0 Å². The molecular weight excluding hydrogens is 871 g/mol. The highest BCUT2D eigenvalue weighted by atomic mass is 31.2. The fraction of sp³-hybridized carbons (Fsp3) is 0.913. The molecule has 13 unspecified atom stereocenters. The molecule has 1 saturated carbocycles. The van der Waals surface area contributed by atoms with Crippen LogP contribution in [0.1, 0.15) is 174 Å². The Labute approximate surface area is 386 Å². The summed E-state index contributed by atoms with van der Waals surface area (Å²) in [5.74, 6) is -1.23. The first-order valence-electron chi connectivity index (χ1n) is 24.5. The van der Waals surface area contributed by atoms with Gasteiger partial charge in [-0.1, -0.05) is 135 Å². The minimum atomic E-state index is -5.37. The zero-order valence-electron chi connectivity index (χ0n) is 39.0. The molecule has 2 fully saturated rings. The number of ether oxygens (including phenoxy) is 4. The van der Waals surface area contributed by atoms with E-state index in [0.29, 0.717) is 12.8 Å². The summed E-state index contributed by atoms with van der Waals surface area (Å²) in [6, 6.07) is 0. The molecule has 9 N–H and O–H groups in total. The van der Waals surface area contributed by atoms with E-state index < -0.39 is 113 Å². The van der Waals surface area contributed by atoms with E-state index in [9.17, 15) is 59.9 Å². The minimum absolute atomic E-state index is 0.0336. The molecule has 1 aliphatic heterocycles. The van der Waals surface area contributed by atoms with Gasteiger partial charge in [0.15, 0.2) is 12.4 Å². The Balaban J connectivity index is 1.98. The zero-order valence-corrected chi connectivity index (χ0v) is 39.9. The summed E-state index contributed by atoms with van der Waals surface area (Å²) < 4.78 is 45.3. The van der Waals surface area contributed by atoms with E-state index in [1.807, 2.05) is 0 Å². The third-order valence-corrected chi connectivity index (χ3v) is 13.0. The van der Waals surface area contributed by atoms with E-state index in [1.54, 1.807) is 0 Å². The number of aliphatic hydroxyl groups excluding tert-OH is 8. The summed E-state index contributed by atoms with van der Waals surface area (Å²) in [5.41, 5.74) is 0. The van der Waals surface area contributed by atoms with E-state index >= 15 is 0 Å². The van der Waals surface area contributed by atoms with Gasteiger partial charge in [-0.05, 0) is 38.5 Å². The number of allylic oxidation sites excluding steroid dienone is 2. The number of hydrogen-bond donors (Lipinski definition) is 9. The summed E-state index contributed by atoms with van der Waals surface area (Å²) in [6.45, 7) is 2.19. The number of phosphoric ester groups is 1. The smallest absolute Gasteiger partial charge is 0.462 e. The van der Waals surface area contributed by atoms with Gasteiger partial charge in [0.1, 0.15) is 67.6 Å². The summed E-state index contributed by atoms with van der Waals surface area (Å²) in [4.78, 5) is 36.4. The molecule has 13 atom stereocenters. The zero-order chi connectivity index (χ0) is 48.0. The van der Waals surface area contributed by atoms with Gasteiger partial charge in [0.25, 0.3) is 0 Å². The highest BCUT2D eigenvalue weighted by Crippen LogP contribution is 2.48. The van der Waals surface area contributed by atoms with Gasteiger partial charge in [-0.15, -0.1) is 0 Å². The average Bonchev–Trinajstić information content (AvgIpc) is 3.28. The van der Waals surface area contributed by atoms with Crippen LogP contribution in [0.2, 0.25) is 0 Å². The van der Waals surface area contributed by atoms with Gasteiger partial charge in [0, 0.05) is 12.8 Å². The molecule has 0 bridgehead atoms. The monoisotopic (exact) mass is 957 g/mol. The third kappa shape index (κ3) is 24.0. The number of aliphatic hydroxyl groups is 8. The van der Waals surface area contributed by atoms with Crippen molar-refractivity contribution >= 4 is 19.8 Å². The Morgan fingerprint density at radius 1 is 0.569 bits per heavy atom. The Morgan fingerprint density at radius 3 is 1.54 bits per heavy atom. The quantitative estimate of drug-likeness (QED) is 0.0173. The van der Waals surface area contributed by atoms with Gasteiger partial charge in [-0.3, -0.25) is 18.6 Å². The molecule has 382 valence electrons. The van der Waals surface area contributed by atoms with Crippen LogP contribution in [0.3, 0.4) is 0 Å². The molecule has 2 rings (SSSR count). The molecule has 0 aromatic heterocycles. The number of unbranched alkanes of at least 4 members (excludes halogenated alkanes) is 20. The lowest BCUT2D eigenvalue weighted by molar-refractivity contribution is -0.338. The second-order valence-electron chi connectivity index (χ2n) is 17.7. The lowest BCUT2D eigenvalue weighted by atomic mass is 9.84. The number of esters is 2. The van der Waals surface area contributed by atoms with Crippen LogP contribution in [-0.4, -0.2) is 151 Å². The predicted octanol–water partition coefficient (Wildman–Crippen LogP) is 4.93. The van der Waals surface area contributed by atoms with Gasteiger partial charge in [-0.25, -0.2) is 4.57 Å². The Hall–Kier alpha value is -1.61. The molecule has 19 heteroatoms. The van der Waals surface area contributed by atoms with Crippen LogP contribution in [0.25, 0.3) is 0 Å². The second kappa shape index (κ2) is 34.6. The van der Waals surface area contributed by atoms with E-state index in [-0.39, 0.29) is 12.8 Å². The van der Waals surface area contributed by atoms with E-state index in [1.165, 1.54) is 83.5 Å². The number of hydrogen-bond acceptors (Lipinski definition) is 17. The van der Waals surface area contributed by atoms with Crippen LogP contribution >= 0.6 is 7.82 Å². The SMILES string of the molecule is CCCCCCCCC=CCCCCCC(=O)OCC(COP(=O)(O)OC1C(O)C(O)C(O)C(O)C1OC1OC(CO)C(O)C(O)C1O)OC(=O)CCCCCCCCCCCCCC. The predicted molar refractivity (Wildman–Crippen MR) is 240 cm³/mol. The van der Waals surface area contributed by atoms with Crippen LogP contribution in [0.4, 0.5) is 0 Å². The van der Waals surface area contributed by atoms with Crippen molar-refractivity contribution in [1.82, 2.24) is 0 Å². The van der Waals surface area contributed by atoms with E-state index in [0.717, 1.165) is 51.4 Å². The van der Waals surface area contributed by atoms with Crippen molar-refractivity contribution in [3.63, 3.8) is 0 Å². The number of carbonyl (C=O) groups is 2. The minimum Gasteiger partial charge on any atom is -0.462 e. The Kier molecular flexibility index (Phi) is 31.7. The molecule has 65 heavy (non-hydrogen) atoms. The normalized spacial score (nSPS) is 28.6. The van der Waals surface area contributed by atoms with Crippen molar-refractivity contribution < 1.29 is 87.9 Å². The fourth-order valence-electron chi connectivity index (χ4n) is 7.87. The molecule has 18 nitrogen and oxygen atoms in total.